The predicted octanol–water partition coefficient (Wildman–Crippen LogP) is 4.56. The van der Waals surface area contributed by atoms with Crippen molar-refractivity contribution >= 4 is 11.9 Å². The quantitative estimate of drug-likeness (QED) is 0.519. The lowest BCUT2D eigenvalue weighted by atomic mass is 10.0. The molecule has 1 atom stereocenters. The molecule has 3 aromatic rings. The van der Waals surface area contributed by atoms with E-state index in [1.807, 2.05) is 6.07 Å². The van der Waals surface area contributed by atoms with Gasteiger partial charge in [0.1, 0.15) is 6.04 Å². The number of alkyl halides is 3. The molecule has 10 heteroatoms. The van der Waals surface area contributed by atoms with Crippen LogP contribution in [0.2, 0.25) is 0 Å². The van der Waals surface area contributed by atoms with Crippen LogP contribution in [0, 0.1) is 12.8 Å². The molecule has 0 bridgehead atoms. The molecule has 1 N–H and O–H groups in total. The Morgan fingerprint density at radius 2 is 1.76 bits per heavy atom. The van der Waals surface area contributed by atoms with Crippen LogP contribution in [-0.4, -0.2) is 28.1 Å². The minimum absolute atomic E-state index is 0.0361. The van der Waals surface area contributed by atoms with Crippen molar-refractivity contribution in [3.8, 4) is 11.4 Å². The highest BCUT2D eigenvalue weighted by molar-refractivity contribution is 5.98. The van der Waals surface area contributed by atoms with Gasteiger partial charge in [0.2, 0.25) is 5.82 Å². The summed E-state index contributed by atoms with van der Waals surface area (Å²) in [6.45, 7) is 4.97. The fourth-order valence-electron chi connectivity index (χ4n) is 3.01. The van der Waals surface area contributed by atoms with E-state index in [0.29, 0.717) is 11.1 Å². The zero-order valence-electron chi connectivity index (χ0n) is 18.1. The lowest BCUT2D eigenvalue weighted by Crippen LogP contribution is -2.45. The van der Waals surface area contributed by atoms with E-state index in [2.05, 4.69) is 15.5 Å². The lowest BCUT2D eigenvalue weighted by molar-refractivity contribution is -0.149. The van der Waals surface area contributed by atoms with E-state index >= 15 is 0 Å². The lowest BCUT2D eigenvalue weighted by Gasteiger charge is -2.21. The number of carbonyl (C=O) groups is 2. The second-order valence-electron chi connectivity index (χ2n) is 7.70. The Labute approximate surface area is 187 Å². The summed E-state index contributed by atoms with van der Waals surface area (Å²) in [6, 6.07) is 10.4. The molecule has 0 aliphatic carbocycles. The van der Waals surface area contributed by atoms with Crippen molar-refractivity contribution < 1.29 is 32.0 Å². The van der Waals surface area contributed by atoms with Gasteiger partial charge in [-0.1, -0.05) is 49.3 Å². The SMILES string of the molecule is Cc1ccccc1C(=O)N[C@H](C(=O)OCc1nc(-c2ccc(C(F)(F)F)cc2)no1)C(C)C. The van der Waals surface area contributed by atoms with E-state index in [-0.39, 0.29) is 24.2 Å². The molecule has 0 fully saturated rings. The first-order chi connectivity index (χ1) is 15.6. The molecule has 0 radical (unpaired) electrons. The summed E-state index contributed by atoms with van der Waals surface area (Å²) in [5.41, 5.74) is 0.743. The van der Waals surface area contributed by atoms with Gasteiger partial charge in [0, 0.05) is 11.1 Å². The van der Waals surface area contributed by atoms with Gasteiger partial charge < -0.3 is 14.6 Å². The molecule has 0 aliphatic rings. The highest BCUT2D eigenvalue weighted by Gasteiger charge is 2.30. The van der Waals surface area contributed by atoms with Crippen LogP contribution in [0.15, 0.2) is 53.1 Å². The van der Waals surface area contributed by atoms with E-state index in [9.17, 15) is 22.8 Å². The summed E-state index contributed by atoms with van der Waals surface area (Å²) in [7, 11) is 0. The van der Waals surface area contributed by atoms with Crippen molar-refractivity contribution in [2.24, 2.45) is 5.92 Å². The predicted molar refractivity (Wildman–Crippen MR) is 112 cm³/mol. The number of aryl methyl sites for hydroxylation is 1. The number of amides is 1. The van der Waals surface area contributed by atoms with Gasteiger partial charge >= 0.3 is 12.1 Å². The van der Waals surface area contributed by atoms with E-state index < -0.39 is 29.7 Å². The first-order valence-electron chi connectivity index (χ1n) is 10.1. The first kappa shape index (κ1) is 24.0. The van der Waals surface area contributed by atoms with E-state index in [0.717, 1.165) is 17.7 Å². The molecule has 2 aromatic carbocycles. The van der Waals surface area contributed by atoms with E-state index in [4.69, 9.17) is 9.26 Å². The molecule has 174 valence electrons. The number of rotatable bonds is 7. The number of carbonyl (C=O) groups excluding carboxylic acids is 2. The van der Waals surface area contributed by atoms with Gasteiger partial charge in [-0.25, -0.2) is 4.79 Å². The number of hydrogen-bond acceptors (Lipinski definition) is 6. The summed E-state index contributed by atoms with van der Waals surface area (Å²) in [5, 5.41) is 6.39. The average Bonchev–Trinajstić information content (AvgIpc) is 3.24. The molecule has 0 aliphatic heterocycles. The maximum atomic E-state index is 12.7. The van der Waals surface area contributed by atoms with Crippen LogP contribution in [0.1, 0.15) is 41.2 Å². The molecular formula is C23H22F3N3O4. The minimum atomic E-state index is -4.45. The summed E-state index contributed by atoms with van der Waals surface area (Å²) in [4.78, 5) is 29.2. The fraction of sp³-hybridized carbons (Fsp3) is 0.304. The number of aromatic nitrogens is 2. The number of esters is 1. The first-order valence-corrected chi connectivity index (χ1v) is 10.1. The zero-order chi connectivity index (χ0) is 24.2. The minimum Gasteiger partial charge on any atom is -0.454 e. The van der Waals surface area contributed by atoms with Crippen LogP contribution in [0.5, 0.6) is 0 Å². The van der Waals surface area contributed by atoms with Crippen LogP contribution in [0.3, 0.4) is 0 Å². The molecule has 1 amide bonds. The summed E-state index contributed by atoms with van der Waals surface area (Å²) in [5.74, 6) is -1.31. The topological polar surface area (TPSA) is 94.3 Å². The van der Waals surface area contributed by atoms with E-state index in [1.165, 1.54) is 12.1 Å². The van der Waals surface area contributed by atoms with Gasteiger partial charge in [-0.15, -0.1) is 0 Å². The highest BCUT2D eigenvalue weighted by Crippen LogP contribution is 2.30. The molecule has 0 saturated carbocycles. The third-order valence-electron chi connectivity index (χ3n) is 4.87. The monoisotopic (exact) mass is 461 g/mol. The second-order valence-corrected chi connectivity index (χ2v) is 7.70. The molecule has 1 aromatic heterocycles. The standard InChI is InChI=1S/C23H22F3N3O4/c1-13(2)19(28-21(30)17-7-5-4-6-14(17)3)22(31)32-12-18-27-20(29-33-18)15-8-10-16(11-9-15)23(24,25)26/h4-11,13,19H,12H2,1-3H3,(H,28,30)/t19-/m0/s1. The number of halogens is 3. The van der Waals surface area contributed by atoms with Crippen LogP contribution in [-0.2, 0) is 22.3 Å². The third-order valence-corrected chi connectivity index (χ3v) is 4.87. The molecule has 3 rings (SSSR count). The Hall–Kier alpha value is -3.69. The van der Waals surface area contributed by atoms with Gasteiger partial charge in [-0.05, 0) is 36.6 Å². The molecule has 0 spiro atoms. The van der Waals surface area contributed by atoms with Gasteiger partial charge in [-0.3, -0.25) is 4.79 Å². The maximum Gasteiger partial charge on any atom is 0.416 e. The van der Waals surface area contributed by atoms with Crippen LogP contribution in [0.25, 0.3) is 11.4 Å². The van der Waals surface area contributed by atoms with E-state index in [1.54, 1.807) is 39.0 Å². The van der Waals surface area contributed by atoms with Gasteiger partial charge in [-0.2, -0.15) is 18.2 Å². The summed E-state index contributed by atoms with van der Waals surface area (Å²) >= 11 is 0. The molecule has 33 heavy (non-hydrogen) atoms. The number of hydrogen-bond donors (Lipinski definition) is 1. The highest BCUT2D eigenvalue weighted by atomic mass is 19.4. The van der Waals surface area contributed by atoms with Crippen molar-refractivity contribution in [1.82, 2.24) is 15.5 Å². The number of nitrogens with one attached hydrogen (secondary N) is 1. The summed E-state index contributed by atoms with van der Waals surface area (Å²) < 4.78 is 48.3. The number of nitrogens with zero attached hydrogens (tertiary/aromatic N) is 2. The Bertz CT molecular complexity index is 1120. The average molecular weight is 461 g/mol. The molecular weight excluding hydrogens is 439 g/mol. The Balaban J connectivity index is 1.63. The van der Waals surface area contributed by atoms with Crippen molar-refractivity contribution in [2.75, 3.05) is 0 Å². The largest absolute Gasteiger partial charge is 0.454 e. The van der Waals surface area contributed by atoms with Crippen molar-refractivity contribution in [3.05, 3.63) is 71.1 Å². The smallest absolute Gasteiger partial charge is 0.416 e. The Kier molecular flexibility index (Phi) is 7.15. The fourth-order valence-corrected chi connectivity index (χ4v) is 3.01. The van der Waals surface area contributed by atoms with Gasteiger partial charge in [0.15, 0.2) is 6.61 Å². The number of ether oxygens (including phenoxy) is 1. The van der Waals surface area contributed by atoms with Crippen LogP contribution in [0.4, 0.5) is 13.2 Å². The normalized spacial score (nSPS) is 12.5. The second kappa shape index (κ2) is 9.85. The molecule has 0 saturated heterocycles. The van der Waals surface area contributed by atoms with Crippen molar-refractivity contribution in [1.29, 1.82) is 0 Å². The Morgan fingerprint density at radius 3 is 2.36 bits per heavy atom. The summed E-state index contributed by atoms with van der Waals surface area (Å²) in [6.07, 6.45) is -4.45. The number of benzene rings is 2. The third kappa shape index (κ3) is 5.97. The van der Waals surface area contributed by atoms with Gasteiger partial charge in [0.05, 0.1) is 5.56 Å². The van der Waals surface area contributed by atoms with Crippen molar-refractivity contribution in [3.63, 3.8) is 0 Å². The Morgan fingerprint density at radius 1 is 1.09 bits per heavy atom. The molecule has 1 heterocycles. The molecule has 7 nitrogen and oxygen atoms in total. The van der Waals surface area contributed by atoms with Crippen molar-refractivity contribution in [2.45, 2.75) is 39.6 Å². The molecule has 0 unspecified atom stereocenters. The van der Waals surface area contributed by atoms with Crippen LogP contribution >= 0.6 is 0 Å². The maximum absolute atomic E-state index is 12.7. The van der Waals surface area contributed by atoms with Crippen LogP contribution < -0.4 is 5.32 Å². The van der Waals surface area contributed by atoms with Gasteiger partial charge in [0.25, 0.3) is 11.8 Å². The zero-order valence-corrected chi connectivity index (χ0v) is 18.1.